The number of fused-ring (bicyclic) bond motifs is 2. The Bertz CT molecular complexity index is 2100. The number of piperazine rings is 1. The number of nitriles is 1. The van der Waals surface area contributed by atoms with Gasteiger partial charge < -0.3 is 24.0 Å². The Morgan fingerprint density at radius 3 is 2.65 bits per heavy atom. The maximum atomic E-state index is 16.8. The molecule has 0 aliphatic carbocycles. The number of halogens is 1. The fraction of sp³-hybridized carbons (Fsp3) is 0.306. The smallest absolute Gasteiger partial charge is 0.319 e. The molecular formula is C36H35FN8O4. The zero-order valence-corrected chi connectivity index (χ0v) is 27.7. The van der Waals surface area contributed by atoms with Crippen LogP contribution in [0.1, 0.15) is 23.5 Å². The summed E-state index contributed by atoms with van der Waals surface area (Å²) in [5.74, 6) is 0.449. The Hall–Kier alpha value is -5.74. The summed E-state index contributed by atoms with van der Waals surface area (Å²) in [6.45, 7) is 4.94. The zero-order valence-electron chi connectivity index (χ0n) is 27.7. The third-order valence-corrected chi connectivity index (χ3v) is 8.46. The van der Waals surface area contributed by atoms with E-state index in [1.165, 1.54) is 6.08 Å². The second-order valence-corrected chi connectivity index (χ2v) is 11.6. The molecule has 0 bridgehead atoms. The molecule has 0 radical (unpaired) electrons. The molecule has 49 heavy (non-hydrogen) atoms. The minimum atomic E-state index is -0.621. The molecule has 5 aromatic rings. The van der Waals surface area contributed by atoms with E-state index < -0.39 is 11.9 Å². The fourth-order valence-electron chi connectivity index (χ4n) is 6.10. The van der Waals surface area contributed by atoms with Gasteiger partial charge in [-0.05, 0) is 30.2 Å². The van der Waals surface area contributed by atoms with Crippen LogP contribution >= 0.6 is 0 Å². The highest BCUT2D eigenvalue weighted by molar-refractivity contribution is 6.00. The molecule has 12 nitrogen and oxygen atoms in total. The van der Waals surface area contributed by atoms with Gasteiger partial charge in [0.2, 0.25) is 5.91 Å². The van der Waals surface area contributed by atoms with E-state index in [1.54, 1.807) is 44.5 Å². The molecule has 1 aliphatic rings. The normalized spacial score (nSPS) is 14.8. The molecule has 0 unspecified atom stereocenters. The number of carbonyl (C=O) groups excluding carboxylic acids is 1. The molecule has 250 valence electrons. The predicted molar refractivity (Wildman–Crippen MR) is 182 cm³/mol. The van der Waals surface area contributed by atoms with Crippen LogP contribution in [0.25, 0.3) is 32.9 Å². The topological polar surface area (TPSA) is 139 Å². The van der Waals surface area contributed by atoms with Crippen molar-refractivity contribution in [1.82, 2.24) is 29.8 Å². The molecule has 4 heterocycles. The summed E-state index contributed by atoms with van der Waals surface area (Å²) in [5.41, 5.74) is 2.45. The van der Waals surface area contributed by atoms with Gasteiger partial charge in [-0.1, -0.05) is 42.5 Å². The van der Waals surface area contributed by atoms with Gasteiger partial charge in [-0.15, -0.1) is 0 Å². The molecule has 0 saturated carbocycles. The Labute approximate surface area is 282 Å². The van der Waals surface area contributed by atoms with Gasteiger partial charge in [-0.3, -0.25) is 9.78 Å². The van der Waals surface area contributed by atoms with E-state index in [1.807, 2.05) is 48.2 Å². The molecule has 0 N–H and O–H groups in total. The van der Waals surface area contributed by atoms with Crippen LogP contribution in [0.5, 0.6) is 11.8 Å². The van der Waals surface area contributed by atoms with E-state index in [0.717, 1.165) is 16.3 Å². The van der Waals surface area contributed by atoms with Crippen molar-refractivity contribution in [2.75, 3.05) is 45.4 Å². The van der Waals surface area contributed by atoms with E-state index in [-0.39, 0.29) is 42.7 Å². The maximum Gasteiger partial charge on any atom is 0.319 e. The van der Waals surface area contributed by atoms with Gasteiger partial charge >= 0.3 is 6.01 Å². The first kappa shape index (κ1) is 33.2. The van der Waals surface area contributed by atoms with E-state index in [9.17, 15) is 10.1 Å². The molecule has 6 rings (SSSR count). The predicted octanol–water partition coefficient (Wildman–Crippen LogP) is 5.11. The van der Waals surface area contributed by atoms with Gasteiger partial charge in [0.1, 0.15) is 17.0 Å². The number of methoxy groups -OCH3 is 2. The number of carbonyl (C=O) groups is 1. The first-order valence-electron chi connectivity index (χ1n) is 15.7. The Balaban J connectivity index is 1.43. The Kier molecular flexibility index (Phi) is 9.87. The molecule has 1 fully saturated rings. The van der Waals surface area contributed by atoms with Crippen molar-refractivity contribution in [1.29, 1.82) is 5.26 Å². The highest BCUT2D eigenvalue weighted by Crippen LogP contribution is 2.36. The number of hydrogen-bond acceptors (Lipinski definition) is 11. The van der Waals surface area contributed by atoms with Crippen LogP contribution < -0.4 is 14.4 Å². The summed E-state index contributed by atoms with van der Waals surface area (Å²) < 4.78 is 33.1. The molecule has 0 spiro atoms. The van der Waals surface area contributed by atoms with E-state index >= 15 is 4.39 Å². The first-order chi connectivity index (χ1) is 23.8. The second-order valence-electron chi connectivity index (χ2n) is 11.6. The van der Waals surface area contributed by atoms with Crippen LogP contribution in [0.15, 0.2) is 60.9 Å². The summed E-state index contributed by atoms with van der Waals surface area (Å²) in [4.78, 5) is 39.2. The molecule has 3 aromatic heterocycles. The molecule has 1 atom stereocenters. The SMILES string of the molecule is COC/C=C/C(=O)N1CCN(c2nc(OCc3ncc(OC)c(C)n3)nc3c(F)c(-c4cccc5cccc(C)c45)ncc23)C[C@@H]1CC#N. The standard InChI is InChI=1S/C36H35FN8O4/c1-22-8-5-9-24-10-6-11-26(31(22)24)33-32(37)34-27(18-40-33)35(43-36(42-34)49-21-29-39-19-28(48-4)23(2)41-29)44-15-16-45(25(20-44)13-14-38)30(46)12-7-17-47-3/h5-12,18-19,25H,13,15-17,20-21H2,1-4H3/b12-7+/t25-/m0/s1. The second kappa shape index (κ2) is 14.6. The number of benzene rings is 2. The fourth-order valence-corrected chi connectivity index (χ4v) is 6.10. The molecule has 2 aromatic carbocycles. The molecular weight excluding hydrogens is 627 g/mol. The number of aromatic nitrogens is 5. The molecule has 1 saturated heterocycles. The molecule has 1 aliphatic heterocycles. The largest absolute Gasteiger partial charge is 0.493 e. The Morgan fingerprint density at radius 1 is 1.08 bits per heavy atom. The quantitative estimate of drug-likeness (QED) is 0.184. The lowest BCUT2D eigenvalue weighted by molar-refractivity contribution is -0.128. The van der Waals surface area contributed by atoms with E-state index in [0.29, 0.717) is 53.7 Å². The minimum absolute atomic E-state index is 0.0280. The van der Waals surface area contributed by atoms with Crippen molar-refractivity contribution < 1.29 is 23.4 Å². The Morgan fingerprint density at radius 2 is 1.90 bits per heavy atom. The number of anilines is 1. The summed E-state index contributed by atoms with van der Waals surface area (Å²) in [6.07, 6.45) is 6.31. The number of hydrogen-bond donors (Lipinski definition) is 0. The third kappa shape index (κ3) is 6.81. The lowest BCUT2D eigenvalue weighted by atomic mass is 9.97. The van der Waals surface area contributed by atoms with E-state index in [4.69, 9.17) is 19.2 Å². The third-order valence-electron chi connectivity index (χ3n) is 8.46. The zero-order chi connectivity index (χ0) is 34.5. The van der Waals surface area contributed by atoms with Gasteiger partial charge in [0.15, 0.2) is 24.0 Å². The van der Waals surface area contributed by atoms with Crippen LogP contribution in [-0.4, -0.2) is 82.2 Å². The van der Waals surface area contributed by atoms with Gasteiger partial charge in [0.25, 0.3) is 0 Å². The van der Waals surface area contributed by atoms with Crippen LogP contribution in [0.3, 0.4) is 0 Å². The average molecular weight is 663 g/mol. The summed E-state index contributed by atoms with van der Waals surface area (Å²) in [7, 11) is 3.09. The van der Waals surface area contributed by atoms with Crippen molar-refractivity contribution in [2.45, 2.75) is 32.9 Å². The van der Waals surface area contributed by atoms with Crippen molar-refractivity contribution in [3.63, 3.8) is 0 Å². The average Bonchev–Trinajstić information content (AvgIpc) is 3.11. The van der Waals surface area contributed by atoms with E-state index in [2.05, 4.69) is 26.0 Å². The number of pyridine rings is 1. The summed E-state index contributed by atoms with van der Waals surface area (Å²) in [5, 5.41) is 11.9. The highest BCUT2D eigenvalue weighted by atomic mass is 19.1. The summed E-state index contributed by atoms with van der Waals surface area (Å²) >= 11 is 0. The maximum absolute atomic E-state index is 16.8. The van der Waals surface area contributed by atoms with Gasteiger partial charge in [-0.2, -0.15) is 15.2 Å². The molecule has 1 amide bonds. The van der Waals surface area contributed by atoms with Crippen molar-refractivity contribution in [2.24, 2.45) is 0 Å². The van der Waals surface area contributed by atoms with Gasteiger partial charge in [0.05, 0.1) is 49.5 Å². The highest BCUT2D eigenvalue weighted by Gasteiger charge is 2.32. The summed E-state index contributed by atoms with van der Waals surface area (Å²) in [6, 6.07) is 13.3. The lowest BCUT2D eigenvalue weighted by Gasteiger charge is -2.41. The van der Waals surface area contributed by atoms with Crippen LogP contribution in [0.4, 0.5) is 10.2 Å². The van der Waals surface area contributed by atoms with Crippen LogP contribution in [0.2, 0.25) is 0 Å². The number of amides is 1. The number of rotatable bonds is 10. The minimum Gasteiger partial charge on any atom is -0.493 e. The van der Waals surface area contributed by atoms with Crippen LogP contribution in [-0.2, 0) is 16.1 Å². The van der Waals surface area contributed by atoms with Crippen LogP contribution in [0, 0.1) is 31.0 Å². The molecule has 13 heteroatoms. The van der Waals surface area contributed by atoms with Crippen molar-refractivity contribution >= 4 is 33.4 Å². The lowest BCUT2D eigenvalue weighted by Crippen LogP contribution is -2.55. The monoisotopic (exact) mass is 662 g/mol. The number of aryl methyl sites for hydroxylation is 2. The van der Waals surface area contributed by atoms with Gasteiger partial charge in [0, 0.05) is 44.6 Å². The first-order valence-corrected chi connectivity index (χ1v) is 15.7. The number of ether oxygens (including phenoxy) is 3. The van der Waals surface area contributed by atoms with Gasteiger partial charge in [-0.25, -0.2) is 14.4 Å². The number of nitrogens with zero attached hydrogens (tertiary/aromatic N) is 8. The van der Waals surface area contributed by atoms with Crippen molar-refractivity contribution in [3.8, 4) is 29.1 Å². The van der Waals surface area contributed by atoms with Crippen molar-refractivity contribution in [3.05, 3.63) is 83.8 Å².